The van der Waals surface area contributed by atoms with Gasteiger partial charge in [-0.3, -0.25) is 4.79 Å². The number of rotatable bonds is 1. The van der Waals surface area contributed by atoms with Crippen molar-refractivity contribution in [3.63, 3.8) is 0 Å². The van der Waals surface area contributed by atoms with Gasteiger partial charge in [-0.05, 0) is 12.1 Å². The third kappa shape index (κ3) is 1.02. The Balaban J connectivity index is 2.98. The van der Waals surface area contributed by atoms with E-state index in [1.165, 1.54) is 6.07 Å². The number of H-pyrrole nitrogens is 1. The van der Waals surface area contributed by atoms with Crippen molar-refractivity contribution in [1.82, 2.24) is 4.98 Å². The Morgan fingerprint density at radius 2 is 2.22 bits per heavy atom. The van der Waals surface area contributed by atoms with Crippen LogP contribution in [0.5, 0.6) is 0 Å². The first-order valence-corrected chi connectivity index (χ1v) is 2.44. The van der Waals surface area contributed by atoms with Crippen molar-refractivity contribution in [3.05, 3.63) is 17.8 Å². The fourth-order valence-electron chi connectivity index (χ4n) is 0.556. The standard InChI is InChI=1S/C5H7N3O/c6-4-2-1-3(8-4)5(7)9/h1-2,8H,6H2,(H2,7,9). The summed E-state index contributed by atoms with van der Waals surface area (Å²) in [5, 5.41) is 0. The minimum atomic E-state index is -0.494. The number of amides is 1. The SMILES string of the molecule is NC(=O)c1ccc(N)[nH]1. The highest BCUT2D eigenvalue weighted by molar-refractivity contribution is 5.91. The van der Waals surface area contributed by atoms with Crippen LogP contribution >= 0.6 is 0 Å². The van der Waals surface area contributed by atoms with Gasteiger partial charge in [-0.2, -0.15) is 0 Å². The lowest BCUT2D eigenvalue weighted by Gasteiger charge is -1.84. The van der Waals surface area contributed by atoms with E-state index in [-0.39, 0.29) is 0 Å². The predicted molar refractivity (Wildman–Crippen MR) is 33.7 cm³/mol. The average Bonchev–Trinajstić information content (AvgIpc) is 2.14. The summed E-state index contributed by atoms with van der Waals surface area (Å²) >= 11 is 0. The second-order valence-electron chi connectivity index (χ2n) is 1.69. The van der Waals surface area contributed by atoms with E-state index in [0.717, 1.165) is 0 Å². The molecule has 1 aromatic heterocycles. The molecular weight excluding hydrogens is 118 g/mol. The van der Waals surface area contributed by atoms with Gasteiger partial charge in [-0.1, -0.05) is 0 Å². The van der Waals surface area contributed by atoms with Crippen LogP contribution in [0.3, 0.4) is 0 Å². The van der Waals surface area contributed by atoms with Crippen molar-refractivity contribution in [2.45, 2.75) is 0 Å². The average molecular weight is 125 g/mol. The molecule has 48 valence electrons. The molecule has 0 aliphatic rings. The summed E-state index contributed by atoms with van der Waals surface area (Å²) in [5.41, 5.74) is 10.5. The summed E-state index contributed by atoms with van der Waals surface area (Å²) in [4.78, 5) is 12.9. The predicted octanol–water partition coefficient (Wildman–Crippen LogP) is -0.304. The van der Waals surface area contributed by atoms with Crippen LogP contribution in [0, 0.1) is 0 Å². The highest BCUT2D eigenvalue weighted by Crippen LogP contribution is 2.00. The summed E-state index contributed by atoms with van der Waals surface area (Å²) in [6.07, 6.45) is 0. The summed E-state index contributed by atoms with van der Waals surface area (Å²) in [7, 11) is 0. The molecule has 0 unspecified atom stereocenters. The fraction of sp³-hybridized carbons (Fsp3) is 0. The van der Waals surface area contributed by atoms with Gasteiger partial charge in [0.2, 0.25) is 0 Å². The van der Waals surface area contributed by atoms with Crippen LogP contribution in [-0.4, -0.2) is 10.9 Å². The van der Waals surface area contributed by atoms with E-state index in [0.29, 0.717) is 11.5 Å². The third-order valence-electron chi connectivity index (χ3n) is 0.974. The highest BCUT2D eigenvalue weighted by Gasteiger charge is 1.99. The molecule has 4 heteroatoms. The van der Waals surface area contributed by atoms with Gasteiger partial charge < -0.3 is 16.5 Å². The van der Waals surface area contributed by atoms with Crippen molar-refractivity contribution in [1.29, 1.82) is 0 Å². The molecule has 0 bridgehead atoms. The lowest BCUT2D eigenvalue weighted by molar-refractivity contribution is 0.0996. The van der Waals surface area contributed by atoms with E-state index in [4.69, 9.17) is 11.5 Å². The second-order valence-corrected chi connectivity index (χ2v) is 1.69. The Labute approximate surface area is 51.8 Å². The summed E-state index contributed by atoms with van der Waals surface area (Å²) in [6.45, 7) is 0. The topological polar surface area (TPSA) is 84.9 Å². The quantitative estimate of drug-likeness (QED) is 0.481. The van der Waals surface area contributed by atoms with Gasteiger partial charge in [0.05, 0.1) is 0 Å². The van der Waals surface area contributed by atoms with E-state index < -0.39 is 5.91 Å². The zero-order valence-electron chi connectivity index (χ0n) is 4.72. The van der Waals surface area contributed by atoms with E-state index in [1.54, 1.807) is 6.07 Å². The van der Waals surface area contributed by atoms with Crippen LogP contribution in [0.4, 0.5) is 5.82 Å². The van der Waals surface area contributed by atoms with Crippen molar-refractivity contribution in [2.24, 2.45) is 5.73 Å². The number of carbonyl (C=O) groups excluding carboxylic acids is 1. The molecule has 0 saturated carbocycles. The summed E-state index contributed by atoms with van der Waals surface area (Å²) < 4.78 is 0. The van der Waals surface area contributed by atoms with Gasteiger partial charge in [0.25, 0.3) is 5.91 Å². The van der Waals surface area contributed by atoms with Gasteiger partial charge in [-0.15, -0.1) is 0 Å². The first-order valence-electron chi connectivity index (χ1n) is 2.44. The molecule has 1 heterocycles. The molecule has 0 saturated heterocycles. The maximum Gasteiger partial charge on any atom is 0.265 e. The number of hydrogen-bond donors (Lipinski definition) is 3. The molecule has 1 rings (SSSR count). The van der Waals surface area contributed by atoms with Crippen LogP contribution in [0.25, 0.3) is 0 Å². The molecule has 4 nitrogen and oxygen atoms in total. The van der Waals surface area contributed by atoms with Crippen molar-refractivity contribution >= 4 is 11.7 Å². The van der Waals surface area contributed by atoms with Gasteiger partial charge in [0.15, 0.2) is 0 Å². The number of nitrogen functional groups attached to an aromatic ring is 1. The van der Waals surface area contributed by atoms with Crippen LogP contribution in [0.1, 0.15) is 10.5 Å². The Hall–Kier alpha value is -1.45. The van der Waals surface area contributed by atoms with E-state index in [1.807, 2.05) is 0 Å². The van der Waals surface area contributed by atoms with Crippen molar-refractivity contribution in [3.8, 4) is 0 Å². The number of carbonyl (C=O) groups is 1. The fourth-order valence-corrected chi connectivity index (χ4v) is 0.556. The summed E-state index contributed by atoms with van der Waals surface area (Å²) in [5.74, 6) is -0.0458. The molecule has 0 aliphatic carbocycles. The summed E-state index contributed by atoms with van der Waals surface area (Å²) in [6, 6.07) is 3.12. The van der Waals surface area contributed by atoms with Crippen LogP contribution in [0.15, 0.2) is 12.1 Å². The van der Waals surface area contributed by atoms with Gasteiger partial charge in [0, 0.05) is 0 Å². The molecule has 0 spiro atoms. The number of nitrogens with two attached hydrogens (primary N) is 2. The Bertz CT molecular complexity index is 228. The molecule has 1 aromatic rings. The smallest absolute Gasteiger partial charge is 0.265 e. The third-order valence-corrected chi connectivity index (χ3v) is 0.974. The Morgan fingerprint density at radius 1 is 1.56 bits per heavy atom. The molecule has 9 heavy (non-hydrogen) atoms. The number of aromatic amines is 1. The van der Waals surface area contributed by atoms with Crippen LogP contribution < -0.4 is 11.5 Å². The van der Waals surface area contributed by atoms with Crippen molar-refractivity contribution in [2.75, 3.05) is 5.73 Å². The molecule has 0 aromatic carbocycles. The van der Waals surface area contributed by atoms with Gasteiger partial charge in [0.1, 0.15) is 11.5 Å². The molecule has 0 atom stereocenters. The number of anilines is 1. The minimum absolute atomic E-state index is 0.340. The van der Waals surface area contributed by atoms with Crippen LogP contribution in [0.2, 0.25) is 0 Å². The van der Waals surface area contributed by atoms with Crippen LogP contribution in [-0.2, 0) is 0 Å². The normalized spacial score (nSPS) is 9.33. The van der Waals surface area contributed by atoms with Crippen molar-refractivity contribution < 1.29 is 4.79 Å². The zero-order chi connectivity index (χ0) is 6.85. The Morgan fingerprint density at radius 3 is 2.44 bits per heavy atom. The molecular formula is C5H7N3O. The molecule has 0 radical (unpaired) electrons. The lowest BCUT2D eigenvalue weighted by atomic mass is 10.4. The lowest BCUT2D eigenvalue weighted by Crippen LogP contribution is -2.11. The first-order chi connectivity index (χ1) is 4.20. The molecule has 0 aliphatic heterocycles. The van der Waals surface area contributed by atoms with E-state index in [2.05, 4.69) is 4.98 Å². The molecule has 5 N–H and O–H groups in total. The zero-order valence-corrected chi connectivity index (χ0v) is 4.72. The highest BCUT2D eigenvalue weighted by atomic mass is 16.1. The van der Waals surface area contributed by atoms with E-state index >= 15 is 0 Å². The van der Waals surface area contributed by atoms with Gasteiger partial charge >= 0.3 is 0 Å². The number of nitrogens with one attached hydrogen (secondary N) is 1. The Kier molecular flexibility index (Phi) is 1.14. The maximum absolute atomic E-state index is 10.3. The monoisotopic (exact) mass is 125 g/mol. The van der Waals surface area contributed by atoms with E-state index in [9.17, 15) is 4.79 Å². The number of aromatic nitrogens is 1. The first kappa shape index (κ1) is 5.68. The molecule has 1 amide bonds. The molecule has 0 fully saturated rings. The maximum atomic E-state index is 10.3. The number of primary amides is 1. The minimum Gasteiger partial charge on any atom is -0.385 e. The number of hydrogen-bond acceptors (Lipinski definition) is 2. The largest absolute Gasteiger partial charge is 0.385 e. The second kappa shape index (κ2) is 1.81. The van der Waals surface area contributed by atoms with Gasteiger partial charge in [-0.25, -0.2) is 0 Å².